The zero-order valence-corrected chi connectivity index (χ0v) is 17.7. The third-order valence-corrected chi connectivity index (χ3v) is 5.09. The number of para-hydroxylation sites is 1. The molecule has 1 amide bonds. The number of amides is 1. The molecule has 4 heteroatoms. The summed E-state index contributed by atoms with van der Waals surface area (Å²) in [6.07, 6.45) is 0.173. The van der Waals surface area contributed by atoms with Crippen LogP contribution in [0.2, 0.25) is 0 Å². The molecule has 1 aliphatic rings. The topological polar surface area (TPSA) is 42.1 Å². The molecule has 1 atom stereocenters. The SMILES string of the molecule is CC(C)(C)c1ccc(OCC2CO2)cc1N(C(=O)c1ccccc1)c1ccccc1. The second-order valence-corrected chi connectivity index (χ2v) is 8.54. The molecule has 1 aliphatic heterocycles. The van der Waals surface area contributed by atoms with Crippen LogP contribution in [0.4, 0.5) is 11.4 Å². The molecule has 154 valence electrons. The van der Waals surface area contributed by atoms with Crippen molar-refractivity contribution in [3.8, 4) is 5.75 Å². The van der Waals surface area contributed by atoms with Gasteiger partial charge >= 0.3 is 0 Å². The molecule has 0 spiro atoms. The smallest absolute Gasteiger partial charge is 0.262 e. The zero-order chi connectivity index (χ0) is 21.1. The van der Waals surface area contributed by atoms with E-state index in [0.29, 0.717) is 12.2 Å². The van der Waals surface area contributed by atoms with Crippen LogP contribution in [0.3, 0.4) is 0 Å². The van der Waals surface area contributed by atoms with Gasteiger partial charge in [-0.05, 0) is 41.3 Å². The van der Waals surface area contributed by atoms with Gasteiger partial charge in [0.25, 0.3) is 5.91 Å². The highest BCUT2D eigenvalue weighted by atomic mass is 16.6. The van der Waals surface area contributed by atoms with E-state index in [4.69, 9.17) is 9.47 Å². The molecule has 1 fully saturated rings. The lowest BCUT2D eigenvalue weighted by molar-refractivity contribution is 0.0999. The molecule has 0 aromatic heterocycles. The van der Waals surface area contributed by atoms with Crippen molar-refractivity contribution in [2.24, 2.45) is 0 Å². The molecule has 1 unspecified atom stereocenters. The van der Waals surface area contributed by atoms with Gasteiger partial charge in [-0.2, -0.15) is 0 Å². The Morgan fingerprint density at radius 3 is 2.23 bits per heavy atom. The third kappa shape index (κ3) is 4.55. The summed E-state index contributed by atoms with van der Waals surface area (Å²) in [6.45, 7) is 7.73. The normalized spacial score (nSPS) is 15.5. The van der Waals surface area contributed by atoms with Crippen molar-refractivity contribution >= 4 is 17.3 Å². The van der Waals surface area contributed by atoms with Gasteiger partial charge in [0, 0.05) is 17.3 Å². The fourth-order valence-electron chi connectivity index (χ4n) is 3.43. The first-order valence-corrected chi connectivity index (χ1v) is 10.3. The van der Waals surface area contributed by atoms with Gasteiger partial charge in [-0.15, -0.1) is 0 Å². The molecular weight excluding hydrogens is 374 g/mol. The minimum absolute atomic E-state index is 0.0741. The van der Waals surface area contributed by atoms with Crippen LogP contribution in [0.5, 0.6) is 5.75 Å². The van der Waals surface area contributed by atoms with Crippen LogP contribution < -0.4 is 9.64 Å². The van der Waals surface area contributed by atoms with Gasteiger partial charge in [0.05, 0.1) is 12.3 Å². The molecule has 0 aliphatic carbocycles. The van der Waals surface area contributed by atoms with E-state index in [1.54, 1.807) is 4.90 Å². The minimum atomic E-state index is -0.155. The largest absolute Gasteiger partial charge is 0.491 e. The number of carbonyl (C=O) groups is 1. The Hall–Kier alpha value is -3.11. The molecule has 4 nitrogen and oxygen atoms in total. The van der Waals surface area contributed by atoms with Gasteiger partial charge in [-0.3, -0.25) is 9.69 Å². The molecular formula is C26H27NO3. The molecule has 0 radical (unpaired) electrons. The van der Waals surface area contributed by atoms with Gasteiger partial charge in [-0.25, -0.2) is 0 Å². The molecule has 0 bridgehead atoms. The second kappa shape index (κ2) is 8.33. The summed E-state index contributed by atoms with van der Waals surface area (Å²) < 4.78 is 11.2. The number of hydrogen-bond donors (Lipinski definition) is 0. The Labute approximate surface area is 178 Å². The first-order chi connectivity index (χ1) is 14.4. The number of rotatable bonds is 6. The van der Waals surface area contributed by atoms with E-state index in [9.17, 15) is 4.79 Å². The van der Waals surface area contributed by atoms with E-state index in [0.717, 1.165) is 29.3 Å². The molecule has 3 aromatic rings. The Balaban J connectivity index is 1.83. The highest BCUT2D eigenvalue weighted by molar-refractivity contribution is 6.11. The van der Waals surface area contributed by atoms with E-state index < -0.39 is 0 Å². The summed E-state index contributed by atoms with van der Waals surface area (Å²) in [5.74, 6) is 0.658. The number of anilines is 2. The van der Waals surface area contributed by atoms with Crippen molar-refractivity contribution in [2.45, 2.75) is 32.3 Å². The Morgan fingerprint density at radius 1 is 1.00 bits per heavy atom. The van der Waals surface area contributed by atoms with E-state index in [1.165, 1.54) is 0 Å². The standard InChI is InChI=1S/C26H27NO3/c1-26(2,3)23-15-14-21(29-17-22-18-30-22)16-24(23)27(20-12-8-5-9-13-20)25(28)19-10-6-4-7-11-19/h4-16,22H,17-18H2,1-3H3. The summed E-state index contributed by atoms with van der Waals surface area (Å²) >= 11 is 0. The second-order valence-electron chi connectivity index (χ2n) is 8.54. The average Bonchev–Trinajstić information content (AvgIpc) is 3.58. The first-order valence-electron chi connectivity index (χ1n) is 10.3. The van der Waals surface area contributed by atoms with Gasteiger partial charge < -0.3 is 9.47 Å². The lowest BCUT2D eigenvalue weighted by atomic mass is 9.85. The fourth-order valence-corrected chi connectivity index (χ4v) is 3.43. The van der Waals surface area contributed by atoms with E-state index in [-0.39, 0.29) is 17.4 Å². The maximum Gasteiger partial charge on any atom is 0.262 e. The highest BCUT2D eigenvalue weighted by Gasteiger charge is 2.28. The van der Waals surface area contributed by atoms with Crippen LogP contribution in [0.1, 0.15) is 36.7 Å². The predicted molar refractivity (Wildman–Crippen MR) is 120 cm³/mol. The van der Waals surface area contributed by atoms with E-state index in [2.05, 4.69) is 26.8 Å². The quantitative estimate of drug-likeness (QED) is 0.495. The number of ether oxygens (including phenoxy) is 2. The molecule has 1 saturated heterocycles. The van der Waals surface area contributed by atoms with Crippen molar-refractivity contribution in [1.29, 1.82) is 0 Å². The van der Waals surface area contributed by atoms with Gasteiger partial charge in [0.15, 0.2) is 0 Å². The number of nitrogens with zero attached hydrogens (tertiary/aromatic N) is 1. The average molecular weight is 402 g/mol. The number of hydrogen-bond acceptors (Lipinski definition) is 3. The van der Waals surface area contributed by atoms with Crippen molar-refractivity contribution in [3.63, 3.8) is 0 Å². The maximum absolute atomic E-state index is 13.7. The van der Waals surface area contributed by atoms with Crippen molar-refractivity contribution < 1.29 is 14.3 Å². The summed E-state index contributed by atoms with van der Waals surface area (Å²) in [7, 11) is 0. The molecule has 3 aromatic carbocycles. The van der Waals surface area contributed by atoms with Gasteiger partial charge in [0.2, 0.25) is 0 Å². The summed E-state index contributed by atoms with van der Waals surface area (Å²) in [5.41, 5.74) is 3.21. The van der Waals surface area contributed by atoms with Gasteiger partial charge in [0.1, 0.15) is 18.5 Å². The maximum atomic E-state index is 13.7. The van der Waals surface area contributed by atoms with Crippen LogP contribution in [0.25, 0.3) is 0 Å². The Kier molecular flexibility index (Phi) is 5.60. The Bertz CT molecular complexity index is 1010. The summed E-state index contributed by atoms with van der Waals surface area (Å²) in [5, 5.41) is 0. The summed E-state index contributed by atoms with van der Waals surface area (Å²) in [4.78, 5) is 15.5. The first kappa shape index (κ1) is 20.2. The lowest BCUT2D eigenvalue weighted by Crippen LogP contribution is -2.29. The van der Waals surface area contributed by atoms with Crippen LogP contribution in [-0.4, -0.2) is 25.2 Å². The molecule has 0 saturated carbocycles. The molecule has 30 heavy (non-hydrogen) atoms. The van der Waals surface area contributed by atoms with E-state index in [1.807, 2.05) is 72.8 Å². The number of epoxide rings is 1. The lowest BCUT2D eigenvalue weighted by Gasteiger charge is -2.31. The number of carbonyl (C=O) groups excluding carboxylic acids is 1. The summed E-state index contributed by atoms with van der Waals surface area (Å²) in [6, 6.07) is 25.1. The monoisotopic (exact) mass is 401 g/mol. The van der Waals surface area contributed by atoms with Crippen LogP contribution >= 0.6 is 0 Å². The van der Waals surface area contributed by atoms with Crippen LogP contribution in [-0.2, 0) is 10.2 Å². The predicted octanol–water partition coefficient (Wildman–Crippen LogP) is 5.74. The Morgan fingerprint density at radius 2 is 1.63 bits per heavy atom. The van der Waals surface area contributed by atoms with Gasteiger partial charge in [-0.1, -0.05) is 63.2 Å². The fraction of sp³-hybridized carbons (Fsp3) is 0.269. The van der Waals surface area contributed by atoms with Crippen molar-refractivity contribution in [1.82, 2.24) is 0 Å². The minimum Gasteiger partial charge on any atom is -0.491 e. The van der Waals surface area contributed by atoms with Crippen molar-refractivity contribution in [2.75, 3.05) is 18.1 Å². The van der Waals surface area contributed by atoms with Crippen LogP contribution in [0, 0.1) is 0 Å². The third-order valence-electron chi connectivity index (χ3n) is 5.09. The van der Waals surface area contributed by atoms with E-state index >= 15 is 0 Å². The van der Waals surface area contributed by atoms with Crippen LogP contribution in [0.15, 0.2) is 78.9 Å². The number of benzene rings is 3. The highest BCUT2D eigenvalue weighted by Crippen LogP contribution is 2.39. The zero-order valence-electron chi connectivity index (χ0n) is 17.7. The molecule has 0 N–H and O–H groups in total. The molecule has 4 rings (SSSR count). The molecule has 1 heterocycles. The van der Waals surface area contributed by atoms with Crippen molar-refractivity contribution in [3.05, 3.63) is 90.0 Å².